The van der Waals surface area contributed by atoms with Crippen molar-refractivity contribution in [3.63, 3.8) is 0 Å². The van der Waals surface area contributed by atoms with Crippen LogP contribution in [0, 0.1) is 0 Å². The predicted octanol–water partition coefficient (Wildman–Crippen LogP) is 2.81. The molecule has 0 saturated heterocycles. The van der Waals surface area contributed by atoms with Crippen molar-refractivity contribution in [2.45, 2.75) is 18.2 Å². The highest BCUT2D eigenvalue weighted by molar-refractivity contribution is 7.89. The first-order valence-electron chi connectivity index (χ1n) is 8.63. The quantitative estimate of drug-likeness (QED) is 0.528. The van der Waals surface area contributed by atoms with Crippen molar-refractivity contribution in [1.29, 1.82) is 0 Å². The average molecular weight is 434 g/mol. The number of ketones is 1. The molecule has 0 radical (unpaired) electrons. The maximum Gasteiger partial charge on any atom is 0.240 e. The second kappa shape index (κ2) is 8.68. The van der Waals surface area contributed by atoms with Crippen molar-refractivity contribution in [3.8, 4) is 5.75 Å². The van der Waals surface area contributed by atoms with Gasteiger partial charge in [-0.25, -0.2) is 18.1 Å². The summed E-state index contributed by atoms with van der Waals surface area (Å²) in [5.41, 5.74) is 1.16. The predicted molar refractivity (Wildman–Crippen MR) is 111 cm³/mol. The van der Waals surface area contributed by atoms with Crippen molar-refractivity contribution in [2.75, 3.05) is 19.0 Å². The molecule has 0 unspecified atom stereocenters. The molecule has 3 aromatic rings. The maximum absolute atomic E-state index is 12.3. The van der Waals surface area contributed by atoms with Gasteiger partial charge in [0, 0.05) is 18.5 Å². The molecule has 0 saturated carbocycles. The van der Waals surface area contributed by atoms with Gasteiger partial charge < -0.3 is 10.1 Å². The molecule has 0 atom stereocenters. The smallest absolute Gasteiger partial charge is 0.240 e. The third-order valence-electron chi connectivity index (χ3n) is 4.06. The molecule has 0 bridgehead atoms. The number of anilines is 1. The lowest BCUT2D eigenvalue weighted by Crippen LogP contribution is -2.27. The molecule has 10 heteroatoms. The highest BCUT2D eigenvalue weighted by Crippen LogP contribution is 2.29. The van der Waals surface area contributed by atoms with Gasteiger partial charge in [-0.3, -0.25) is 9.59 Å². The Kier molecular flexibility index (Phi) is 6.26. The number of thiazole rings is 1. The van der Waals surface area contributed by atoms with Gasteiger partial charge in [-0.1, -0.05) is 23.5 Å². The summed E-state index contributed by atoms with van der Waals surface area (Å²) in [7, 11) is -2.19. The molecule has 0 fully saturated rings. The number of aromatic nitrogens is 1. The Hall–Kier alpha value is -2.82. The van der Waals surface area contributed by atoms with Crippen LogP contribution in [0.4, 0.5) is 5.13 Å². The van der Waals surface area contributed by atoms with E-state index >= 15 is 0 Å². The van der Waals surface area contributed by atoms with E-state index in [9.17, 15) is 18.0 Å². The minimum atomic E-state index is -3.77. The van der Waals surface area contributed by atoms with E-state index in [-0.39, 0.29) is 29.6 Å². The Morgan fingerprint density at radius 2 is 1.86 bits per heavy atom. The fourth-order valence-corrected chi connectivity index (χ4v) is 4.46. The zero-order valence-electron chi connectivity index (χ0n) is 15.8. The Bertz CT molecular complexity index is 1150. The number of fused-ring (bicyclic) bond motifs is 1. The fraction of sp³-hybridized carbons (Fsp3) is 0.211. The van der Waals surface area contributed by atoms with Gasteiger partial charge in [0.1, 0.15) is 5.75 Å². The van der Waals surface area contributed by atoms with Crippen molar-refractivity contribution in [3.05, 3.63) is 48.0 Å². The molecule has 0 aliphatic heterocycles. The number of benzene rings is 2. The number of nitrogens with zero attached hydrogens (tertiary/aromatic N) is 1. The summed E-state index contributed by atoms with van der Waals surface area (Å²) in [6.45, 7) is 1.34. The van der Waals surface area contributed by atoms with E-state index in [0.717, 1.165) is 10.2 Å². The minimum absolute atomic E-state index is 0.0306. The lowest BCUT2D eigenvalue weighted by molar-refractivity contribution is -0.116. The molecule has 0 aliphatic rings. The highest BCUT2D eigenvalue weighted by atomic mass is 32.2. The van der Waals surface area contributed by atoms with Crippen LogP contribution in [0.2, 0.25) is 0 Å². The van der Waals surface area contributed by atoms with Crippen LogP contribution in [0.1, 0.15) is 23.7 Å². The first-order chi connectivity index (χ1) is 13.8. The molecule has 8 nitrogen and oxygen atoms in total. The van der Waals surface area contributed by atoms with Crippen LogP contribution >= 0.6 is 11.3 Å². The lowest BCUT2D eigenvalue weighted by atomic mass is 10.2. The third kappa shape index (κ3) is 5.17. The number of amides is 1. The summed E-state index contributed by atoms with van der Waals surface area (Å²) in [5, 5.41) is 3.10. The van der Waals surface area contributed by atoms with Gasteiger partial charge in [0.05, 0.1) is 22.2 Å². The van der Waals surface area contributed by atoms with E-state index in [1.165, 1.54) is 42.5 Å². The number of carbonyl (C=O) groups excluding carboxylic acids is 2. The van der Waals surface area contributed by atoms with E-state index < -0.39 is 10.0 Å². The van der Waals surface area contributed by atoms with Crippen LogP contribution in [-0.4, -0.2) is 38.7 Å². The normalized spacial score (nSPS) is 11.4. The zero-order chi connectivity index (χ0) is 21.0. The van der Waals surface area contributed by atoms with E-state index in [1.807, 2.05) is 6.07 Å². The molecule has 2 aromatic carbocycles. The summed E-state index contributed by atoms with van der Waals surface area (Å²) in [6, 6.07) is 11.0. The van der Waals surface area contributed by atoms with Crippen LogP contribution in [-0.2, 0) is 14.8 Å². The van der Waals surface area contributed by atoms with Crippen LogP contribution in [0.3, 0.4) is 0 Å². The molecule has 152 valence electrons. The first kappa shape index (κ1) is 20.9. The van der Waals surface area contributed by atoms with Gasteiger partial charge in [-0.2, -0.15) is 0 Å². The third-order valence-corrected chi connectivity index (χ3v) is 6.47. The van der Waals surface area contributed by atoms with E-state index in [4.69, 9.17) is 4.74 Å². The van der Waals surface area contributed by atoms with Gasteiger partial charge in [0.2, 0.25) is 15.9 Å². The van der Waals surface area contributed by atoms with Gasteiger partial charge in [-0.15, -0.1) is 0 Å². The summed E-state index contributed by atoms with van der Waals surface area (Å²) < 4.78 is 33.0. The molecule has 29 heavy (non-hydrogen) atoms. The molecule has 2 N–H and O–H groups in total. The second-order valence-electron chi connectivity index (χ2n) is 6.13. The molecular formula is C19H19N3O5S2. The Morgan fingerprint density at radius 1 is 1.14 bits per heavy atom. The molecule has 0 aliphatic carbocycles. The summed E-state index contributed by atoms with van der Waals surface area (Å²) in [6.07, 6.45) is -0.0516. The van der Waals surface area contributed by atoms with Crippen molar-refractivity contribution < 1.29 is 22.7 Å². The number of carbonyl (C=O) groups is 2. The maximum atomic E-state index is 12.3. The largest absolute Gasteiger partial charge is 0.497 e. The Morgan fingerprint density at radius 3 is 2.52 bits per heavy atom. The van der Waals surface area contributed by atoms with Crippen molar-refractivity contribution in [1.82, 2.24) is 9.71 Å². The lowest BCUT2D eigenvalue weighted by Gasteiger charge is -2.07. The van der Waals surface area contributed by atoms with Crippen LogP contribution in [0.25, 0.3) is 10.2 Å². The zero-order valence-corrected chi connectivity index (χ0v) is 17.4. The summed E-state index contributed by atoms with van der Waals surface area (Å²) in [4.78, 5) is 27.7. The summed E-state index contributed by atoms with van der Waals surface area (Å²) >= 11 is 1.31. The van der Waals surface area contributed by atoms with Crippen molar-refractivity contribution >= 4 is 48.4 Å². The molecule has 1 aromatic heterocycles. The topological polar surface area (TPSA) is 114 Å². The first-order valence-corrected chi connectivity index (χ1v) is 10.9. The number of nitrogens with one attached hydrogen (secondary N) is 2. The van der Waals surface area contributed by atoms with Gasteiger partial charge in [0.15, 0.2) is 10.9 Å². The van der Waals surface area contributed by atoms with E-state index in [1.54, 1.807) is 19.2 Å². The molecule has 0 spiro atoms. The van der Waals surface area contributed by atoms with Gasteiger partial charge in [-0.05, 0) is 37.3 Å². The van der Waals surface area contributed by atoms with Gasteiger partial charge in [0.25, 0.3) is 0 Å². The number of Topliss-reactive ketones (excluding diaryl/α,β-unsaturated/α-hetero) is 1. The number of sulfonamides is 1. The Labute approximate surface area is 172 Å². The van der Waals surface area contributed by atoms with Crippen LogP contribution in [0.5, 0.6) is 5.75 Å². The number of hydrogen-bond acceptors (Lipinski definition) is 7. The SMILES string of the molecule is COc1ccc2nc(NC(=O)CCNS(=O)(=O)c3ccc(C(C)=O)cc3)sc2c1. The number of rotatable bonds is 8. The Balaban J connectivity index is 1.55. The minimum Gasteiger partial charge on any atom is -0.497 e. The van der Waals surface area contributed by atoms with Crippen LogP contribution < -0.4 is 14.8 Å². The van der Waals surface area contributed by atoms with Crippen LogP contribution in [0.15, 0.2) is 47.4 Å². The number of hydrogen-bond donors (Lipinski definition) is 2. The molecule has 3 rings (SSSR count). The molecule has 1 amide bonds. The fourth-order valence-electron chi connectivity index (χ4n) is 2.52. The molecule has 1 heterocycles. The number of ether oxygens (including phenoxy) is 1. The van der Waals surface area contributed by atoms with Gasteiger partial charge >= 0.3 is 0 Å². The number of methoxy groups -OCH3 is 1. The molecular weight excluding hydrogens is 414 g/mol. The van der Waals surface area contributed by atoms with E-state index in [0.29, 0.717) is 16.4 Å². The monoisotopic (exact) mass is 433 g/mol. The second-order valence-corrected chi connectivity index (χ2v) is 8.93. The standard InChI is InChI=1S/C19H19N3O5S2/c1-12(23)13-3-6-15(7-4-13)29(25,26)20-10-9-18(24)22-19-21-16-8-5-14(27-2)11-17(16)28-19/h3-8,11,20H,9-10H2,1-2H3,(H,21,22,24). The van der Waals surface area contributed by atoms with E-state index in [2.05, 4.69) is 15.0 Å². The highest BCUT2D eigenvalue weighted by Gasteiger charge is 2.15. The average Bonchev–Trinajstić information content (AvgIpc) is 3.08. The summed E-state index contributed by atoms with van der Waals surface area (Å²) in [5.74, 6) is 0.197. The van der Waals surface area contributed by atoms with Crippen molar-refractivity contribution in [2.24, 2.45) is 0 Å².